The van der Waals surface area contributed by atoms with E-state index in [0.717, 1.165) is 0 Å². The second-order valence-corrected chi connectivity index (χ2v) is 5.86. The number of likely N-dealkylation sites (tertiary alicyclic amines) is 1. The van der Waals surface area contributed by atoms with Gasteiger partial charge in [0.25, 0.3) is 5.91 Å². The predicted octanol–water partition coefficient (Wildman–Crippen LogP) is 0.163. The van der Waals surface area contributed by atoms with E-state index >= 15 is 0 Å². The Morgan fingerprint density at radius 2 is 1.95 bits per heavy atom. The molecule has 0 radical (unpaired) electrons. The van der Waals surface area contributed by atoms with Crippen molar-refractivity contribution in [2.45, 2.75) is 38.3 Å². The summed E-state index contributed by atoms with van der Waals surface area (Å²) in [4.78, 5) is 24.7. The fourth-order valence-corrected chi connectivity index (χ4v) is 2.34. The highest BCUT2D eigenvalue weighted by molar-refractivity contribution is 5.96. The molecule has 1 N–H and O–H groups in total. The van der Waals surface area contributed by atoms with Crippen LogP contribution in [0.1, 0.15) is 42.6 Å². The Hall–Kier alpha value is -2.32. The van der Waals surface area contributed by atoms with Gasteiger partial charge in [0.15, 0.2) is 0 Å². The van der Waals surface area contributed by atoms with E-state index in [0.29, 0.717) is 30.5 Å². The van der Waals surface area contributed by atoms with Crippen LogP contribution in [0.3, 0.4) is 0 Å². The second-order valence-electron chi connectivity index (χ2n) is 5.86. The molecular weight excluding hydrogens is 282 g/mol. The summed E-state index contributed by atoms with van der Waals surface area (Å²) in [6.07, 6.45) is 1.10. The van der Waals surface area contributed by atoms with Crippen molar-refractivity contribution in [1.29, 1.82) is 0 Å². The van der Waals surface area contributed by atoms with Gasteiger partial charge in [0.1, 0.15) is 5.60 Å². The van der Waals surface area contributed by atoms with Crippen LogP contribution in [-0.4, -0.2) is 40.1 Å². The summed E-state index contributed by atoms with van der Waals surface area (Å²) in [6, 6.07) is 5.73. The normalized spacial score (nSPS) is 17.8. The van der Waals surface area contributed by atoms with E-state index in [4.69, 9.17) is 0 Å². The highest BCUT2D eigenvalue weighted by Gasteiger charge is 2.30. The Kier molecular flexibility index (Phi) is 4.53. The van der Waals surface area contributed by atoms with Crippen LogP contribution >= 0.6 is 0 Å². The Morgan fingerprint density at radius 1 is 1.32 bits per heavy atom. The first-order valence-corrected chi connectivity index (χ1v) is 7.15. The Morgan fingerprint density at radius 3 is 2.50 bits per heavy atom. The number of carboxylic acids is 1. The van der Waals surface area contributed by atoms with Gasteiger partial charge in [-0.3, -0.25) is 4.79 Å². The molecule has 0 unspecified atom stereocenters. The average Bonchev–Trinajstić information content (AvgIpc) is 2.94. The van der Waals surface area contributed by atoms with Crippen molar-refractivity contribution < 1.29 is 19.8 Å². The lowest BCUT2D eigenvalue weighted by atomic mass is 10.1. The van der Waals surface area contributed by atoms with Gasteiger partial charge in [0, 0.05) is 17.7 Å². The molecule has 0 spiro atoms. The lowest BCUT2D eigenvalue weighted by Gasteiger charge is -2.25. The van der Waals surface area contributed by atoms with Crippen molar-refractivity contribution in [1.82, 2.24) is 4.90 Å². The zero-order chi connectivity index (χ0) is 16.3. The standard InChI is InChI=1S/C17H19NO4/c1-17(2,22)10-9-12-5-7-13(8-6-12)15(19)18-11-3-4-14(18)16(20)21/h5-8,14,22H,3-4,11H2,1-2H3,(H,20,21)/p-1/t14-/m0/s1. The highest BCUT2D eigenvalue weighted by atomic mass is 16.4. The maximum absolute atomic E-state index is 12.3. The maximum Gasteiger partial charge on any atom is 0.254 e. The van der Waals surface area contributed by atoms with E-state index < -0.39 is 17.6 Å². The molecule has 1 aromatic carbocycles. The Labute approximate surface area is 129 Å². The van der Waals surface area contributed by atoms with Crippen molar-refractivity contribution in [3.8, 4) is 11.8 Å². The lowest BCUT2D eigenvalue weighted by molar-refractivity contribution is -0.310. The van der Waals surface area contributed by atoms with Gasteiger partial charge < -0.3 is 19.9 Å². The highest BCUT2D eigenvalue weighted by Crippen LogP contribution is 2.20. The molecule has 0 bridgehead atoms. The molecule has 1 aliphatic heterocycles. The number of hydrogen-bond acceptors (Lipinski definition) is 4. The van der Waals surface area contributed by atoms with Crippen LogP contribution in [0, 0.1) is 11.8 Å². The quantitative estimate of drug-likeness (QED) is 0.789. The largest absolute Gasteiger partial charge is 0.548 e. The Balaban J connectivity index is 2.14. The van der Waals surface area contributed by atoms with Gasteiger partial charge in [-0.1, -0.05) is 11.8 Å². The van der Waals surface area contributed by atoms with E-state index in [9.17, 15) is 19.8 Å². The fourth-order valence-electron chi connectivity index (χ4n) is 2.34. The first-order chi connectivity index (χ1) is 10.3. The number of benzene rings is 1. The van der Waals surface area contributed by atoms with Crippen LogP contribution in [0.4, 0.5) is 0 Å². The maximum atomic E-state index is 12.3. The molecule has 1 saturated heterocycles. The number of carboxylic acid groups (broad SMARTS) is 1. The molecule has 22 heavy (non-hydrogen) atoms. The van der Waals surface area contributed by atoms with Gasteiger partial charge >= 0.3 is 0 Å². The number of rotatable bonds is 2. The summed E-state index contributed by atoms with van der Waals surface area (Å²) >= 11 is 0. The number of amides is 1. The van der Waals surface area contributed by atoms with Crippen molar-refractivity contribution in [3.05, 3.63) is 35.4 Å². The van der Waals surface area contributed by atoms with Crippen molar-refractivity contribution in [2.75, 3.05) is 6.54 Å². The molecule has 116 valence electrons. The van der Waals surface area contributed by atoms with Gasteiger partial charge in [0.05, 0.1) is 12.0 Å². The molecule has 0 saturated carbocycles. The number of carbonyl (C=O) groups is 2. The number of nitrogens with zero attached hydrogens (tertiary/aromatic N) is 1. The first kappa shape index (κ1) is 16.1. The zero-order valence-electron chi connectivity index (χ0n) is 12.6. The molecular formula is C17H18NO4-. The minimum Gasteiger partial charge on any atom is -0.548 e. The summed E-state index contributed by atoms with van der Waals surface area (Å²) in [7, 11) is 0. The molecule has 1 aromatic rings. The fraction of sp³-hybridized carbons (Fsp3) is 0.412. The minimum atomic E-state index is -1.21. The summed E-state index contributed by atoms with van der Waals surface area (Å²) < 4.78 is 0. The predicted molar refractivity (Wildman–Crippen MR) is 78.7 cm³/mol. The van der Waals surface area contributed by atoms with E-state index in [1.807, 2.05) is 0 Å². The minimum absolute atomic E-state index is 0.311. The van der Waals surface area contributed by atoms with Crippen LogP contribution in [0.2, 0.25) is 0 Å². The molecule has 1 amide bonds. The smallest absolute Gasteiger partial charge is 0.254 e. The lowest BCUT2D eigenvalue weighted by Crippen LogP contribution is -2.46. The third-order valence-corrected chi connectivity index (χ3v) is 3.43. The van der Waals surface area contributed by atoms with Crippen molar-refractivity contribution in [2.24, 2.45) is 0 Å². The van der Waals surface area contributed by atoms with E-state index in [-0.39, 0.29) is 5.91 Å². The summed E-state index contributed by atoms with van der Waals surface area (Å²) in [5, 5.41) is 20.6. The number of aliphatic hydroxyl groups is 1. The van der Waals surface area contributed by atoms with Gasteiger partial charge in [-0.2, -0.15) is 0 Å². The molecule has 0 aromatic heterocycles. The van der Waals surface area contributed by atoms with Crippen LogP contribution in [0.5, 0.6) is 0 Å². The second kappa shape index (κ2) is 6.20. The third kappa shape index (κ3) is 3.86. The number of carbonyl (C=O) groups excluding carboxylic acids is 2. The molecule has 0 aliphatic carbocycles. The first-order valence-electron chi connectivity index (χ1n) is 7.15. The van der Waals surface area contributed by atoms with E-state index in [1.54, 1.807) is 38.1 Å². The Bertz CT molecular complexity index is 631. The SMILES string of the molecule is CC(C)(O)C#Cc1ccc(C(=O)N2CCC[C@H]2C(=O)[O-])cc1. The summed E-state index contributed by atoms with van der Waals surface area (Å²) in [5.41, 5.74) is 0.0182. The van der Waals surface area contributed by atoms with Gasteiger partial charge in [-0.15, -0.1) is 0 Å². The topological polar surface area (TPSA) is 80.7 Å². The molecule has 1 aliphatic rings. The van der Waals surface area contributed by atoms with Crippen LogP contribution in [0.25, 0.3) is 0 Å². The molecule has 5 heteroatoms. The molecule has 5 nitrogen and oxygen atoms in total. The van der Waals surface area contributed by atoms with Gasteiger partial charge in [-0.25, -0.2) is 0 Å². The molecule has 2 rings (SSSR count). The van der Waals surface area contributed by atoms with Crippen LogP contribution < -0.4 is 5.11 Å². The van der Waals surface area contributed by atoms with Gasteiger partial charge in [0.2, 0.25) is 0 Å². The molecule has 1 fully saturated rings. The van der Waals surface area contributed by atoms with E-state index in [2.05, 4.69) is 11.8 Å². The van der Waals surface area contributed by atoms with Crippen molar-refractivity contribution in [3.63, 3.8) is 0 Å². The molecule has 1 atom stereocenters. The average molecular weight is 300 g/mol. The van der Waals surface area contributed by atoms with E-state index in [1.165, 1.54) is 4.90 Å². The van der Waals surface area contributed by atoms with Gasteiger partial charge in [-0.05, 0) is 51.0 Å². The number of hydrogen-bond donors (Lipinski definition) is 1. The third-order valence-electron chi connectivity index (χ3n) is 3.43. The number of aliphatic carboxylic acids is 1. The summed E-state index contributed by atoms with van der Waals surface area (Å²) in [6.45, 7) is 3.61. The summed E-state index contributed by atoms with van der Waals surface area (Å²) in [5.74, 6) is 3.99. The monoisotopic (exact) mass is 300 g/mol. The van der Waals surface area contributed by atoms with Crippen LogP contribution in [-0.2, 0) is 4.79 Å². The molecule has 1 heterocycles. The van der Waals surface area contributed by atoms with Crippen molar-refractivity contribution >= 4 is 11.9 Å². The van der Waals surface area contributed by atoms with Crippen LogP contribution in [0.15, 0.2) is 24.3 Å². The zero-order valence-corrected chi connectivity index (χ0v) is 12.6.